The van der Waals surface area contributed by atoms with E-state index in [4.69, 9.17) is 11.0 Å². The summed E-state index contributed by atoms with van der Waals surface area (Å²) in [5.41, 5.74) is 7.77. The van der Waals surface area contributed by atoms with Gasteiger partial charge in [0.25, 0.3) is 0 Å². The summed E-state index contributed by atoms with van der Waals surface area (Å²) in [4.78, 5) is 4.20. The van der Waals surface area contributed by atoms with Gasteiger partial charge in [-0.05, 0) is 27.6 Å². The molecule has 2 rings (SSSR count). The van der Waals surface area contributed by atoms with E-state index in [1.165, 1.54) is 0 Å². The SMILES string of the molecule is N#Cc1c(Br)nc(C=Cc2ccccc2)c(C#N)c1N. The lowest BCUT2D eigenvalue weighted by Gasteiger charge is -2.05. The normalized spacial score (nSPS) is 10.2. The molecule has 0 aliphatic carbocycles. The average Bonchev–Trinajstić information content (AvgIpc) is 2.46. The van der Waals surface area contributed by atoms with Gasteiger partial charge in [-0.15, -0.1) is 0 Å². The molecule has 0 aliphatic heterocycles. The fourth-order valence-corrected chi connectivity index (χ4v) is 2.17. The first-order valence-corrected chi connectivity index (χ1v) is 6.49. The van der Waals surface area contributed by atoms with Crippen molar-refractivity contribution in [3.8, 4) is 12.1 Å². The van der Waals surface area contributed by atoms with Crippen LogP contribution < -0.4 is 5.73 Å². The summed E-state index contributed by atoms with van der Waals surface area (Å²) in [5, 5.41) is 18.2. The molecule has 0 fully saturated rings. The Hall–Kier alpha value is -2.63. The molecule has 1 aromatic heterocycles. The highest BCUT2D eigenvalue weighted by atomic mass is 79.9. The number of nitrogens with two attached hydrogens (primary N) is 1. The first kappa shape index (κ1) is 13.8. The second kappa shape index (κ2) is 6.01. The molecular formula is C15H9BrN4. The number of nitriles is 2. The number of benzene rings is 1. The summed E-state index contributed by atoms with van der Waals surface area (Å²) in [6.45, 7) is 0. The number of nitrogen functional groups attached to an aromatic ring is 1. The molecule has 0 aliphatic rings. The Bertz CT molecular complexity index is 752. The number of hydrogen-bond acceptors (Lipinski definition) is 4. The molecule has 96 valence electrons. The second-order valence-corrected chi connectivity index (χ2v) is 4.67. The predicted octanol–water partition coefficient (Wildman–Crippen LogP) is 3.34. The van der Waals surface area contributed by atoms with Gasteiger partial charge in [-0.1, -0.05) is 36.4 Å². The molecule has 0 amide bonds. The summed E-state index contributed by atoms with van der Waals surface area (Å²) in [7, 11) is 0. The molecule has 1 aromatic carbocycles. The van der Waals surface area contributed by atoms with Crippen molar-refractivity contribution in [3.63, 3.8) is 0 Å². The number of halogens is 1. The highest BCUT2D eigenvalue weighted by Gasteiger charge is 2.14. The van der Waals surface area contributed by atoms with Crippen LogP contribution in [0.1, 0.15) is 22.4 Å². The fourth-order valence-electron chi connectivity index (χ4n) is 1.68. The van der Waals surface area contributed by atoms with E-state index < -0.39 is 0 Å². The molecule has 0 spiro atoms. The third-order valence-electron chi connectivity index (χ3n) is 2.68. The third kappa shape index (κ3) is 2.69. The Morgan fingerprint density at radius 2 is 1.70 bits per heavy atom. The summed E-state index contributed by atoms with van der Waals surface area (Å²) in [6.07, 6.45) is 3.54. The van der Waals surface area contributed by atoms with Crippen molar-refractivity contribution >= 4 is 33.8 Å². The maximum Gasteiger partial charge on any atom is 0.126 e. The lowest BCUT2D eigenvalue weighted by Crippen LogP contribution is -2.01. The predicted molar refractivity (Wildman–Crippen MR) is 81.1 cm³/mol. The van der Waals surface area contributed by atoms with E-state index in [1.807, 2.05) is 48.5 Å². The number of hydrogen-bond donors (Lipinski definition) is 1. The third-order valence-corrected chi connectivity index (χ3v) is 3.25. The minimum absolute atomic E-state index is 0.143. The Balaban J connectivity index is 2.51. The number of rotatable bonds is 2. The van der Waals surface area contributed by atoms with Gasteiger partial charge in [0.2, 0.25) is 0 Å². The molecule has 4 nitrogen and oxygen atoms in total. The van der Waals surface area contributed by atoms with Gasteiger partial charge in [0, 0.05) is 0 Å². The van der Waals surface area contributed by atoms with E-state index in [2.05, 4.69) is 20.9 Å². The molecule has 0 saturated carbocycles. The monoisotopic (exact) mass is 324 g/mol. The van der Waals surface area contributed by atoms with E-state index in [1.54, 1.807) is 6.08 Å². The number of anilines is 1. The minimum Gasteiger partial charge on any atom is -0.396 e. The van der Waals surface area contributed by atoms with Gasteiger partial charge in [-0.3, -0.25) is 0 Å². The van der Waals surface area contributed by atoms with Crippen molar-refractivity contribution in [1.29, 1.82) is 10.5 Å². The molecule has 0 saturated heterocycles. The van der Waals surface area contributed by atoms with E-state index in [9.17, 15) is 5.26 Å². The molecule has 5 heteroatoms. The van der Waals surface area contributed by atoms with Crippen LogP contribution in [0.5, 0.6) is 0 Å². The highest BCUT2D eigenvalue weighted by molar-refractivity contribution is 9.10. The Morgan fingerprint density at radius 1 is 1.05 bits per heavy atom. The number of pyridine rings is 1. The summed E-state index contributed by atoms with van der Waals surface area (Å²) < 4.78 is 0.337. The molecule has 20 heavy (non-hydrogen) atoms. The van der Waals surface area contributed by atoms with Crippen LogP contribution in [-0.2, 0) is 0 Å². The van der Waals surface area contributed by atoms with Crippen LogP contribution in [0.3, 0.4) is 0 Å². The zero-order valence-corrected chi connectivity index (χ0v) is 11.9. The van der Waals surface area contributed by atoms with Crippen LogP contribution in [0.25, 0.3) is 12.2 Å². The van der Waals surface area contributed by atoms with Gasteiger partial charge >= 0.3 is 0 Å². The largest absolute Gasteiger partial charge is 0.396 e. The molecule has 2 N–H and O–H groups in total. The maximum absolute atomic E-state index is 9.18. The van der Waals surface area contributed by atoms with Crippen LogP contribution >= 0.6 is 15.9 Å². The van der Waals surface area contributed by atoms with Crippen molar-refractivity contribution < 1.29 is 0 Å². The zero-order valence-electron chi connectivity index (χ0n) is 10.3. The Kier molecular flexibility index (Phi) is 4.14. The first-order valence-electron chi connectivity index (χ1n) is 5.69. The molecule has 1 heterocycles. The quantitative estimate of drug-likeness (QED) is 0.858. The second-order valence-electron chi connectivity index (χ2n) is 3.92. The van der Waals surface area contributed by atoms with Crippen molar-refractivity contribution in [2.75, 3.05) is 5.73 Å². The number of nitrogens with zero attached hydrogens (tertiary/aromatic N) is 3. The van der Waals surface area contributed by atoms with Gasteiger partial charge in [0.05, 0.1) is 11.4 Å². The van der Waals surface area contributed by atoms with E-state index in [0.717, 1.165) is 5.56 Å². The van der Waals surface area contributed by atoms with Gasteiger partial charge in [-0.2, -0.15) is 10.5 Å². The van der Waals surface area contributed by atoms with E-state index in [-0.39, 0.29) is 16.8 Å². The summed E-state index contributed by atoms with van der Waals surface area (Å²) in [5.74, 6) is 0. The van der Waals surface area contributed by atoms with Crippen LogP contribution in [0.2, 0.25) is 0 Å². The maximum atomic E-state index is 9.18. The first-order chi connectivity index (χ1) is 9.67. The van der Waals surface area contributed by atoms with Crippen LogP contribution in [-0.4, -0.2) is 4.98 Å². The lowest BCUT2D eigenvalue weighted by molar-refractivity contribution is 1.21. The highest BCUT2D eigenvalue weighted by Crippen LogP contribution is 2.26. The molecule has 2 aromatic rings. The van der Waals surface area contributed by atoms with Gasteiger partial charge < -0.3 is 5.73 Å². The van der Waals surface area contributed by atoms with Crippen molar-refractivity contribution in [2.45, 2.75) is 0 Å². The van der Waals surface area contributed by atoms with Crippen LogP contribution in [0, 0.1) is 22.7 Å². The van der Waals surface area contributed by atoms with Gasteiger partial charge in [0.15, 0.2) is 0 Å². The van der Waals surface area contributed by atoms with Crippen molar-refractivity contribution in [1.82, 2.24) is 4.98 Å². The standard InChI is InChI=1S/C15H9BrN4/c16-15-12(9-18)14(19)11(8-17)13(20-15)7-6-10-4-2-1-3-5-10/h1-7H,(H2,19,20). The minimum atomic E-state index is 0.143. The Morgan fingerprint density at radius 3 is 2.30 bits per heavy atom. The summed E-state index contributed by atoms with van der Waals surface area (Å²) >= 11 is 3.19. The van der Waals surface area contributed by atoms with Gasteiger partial charge in [-0.25, -0.2) is 4.98 Å². The molecule has 0 radical (unpaired) electrons. The smallest absolute Gasteiger partial charge is 0.126 e. The lowest BCUT2D eigenvalue weighted by atomic mass is 10.1. The van der Waals surface area contributed by atoms with Crippen molar-refractivity contribution in [3.05, 3.63) is 57.3 Å². The molecule has 0 bridgehead atoms. The molecule has 0 unspecified atom stereocenters. The topological polar surface area (TPSA) is 86.5 Å². The molecular weight excluding hydrogens is 316 g/mol. The van der Waals surface area contributed by atoms with Gasteiger partial charge in [0.1, 0.15) is 27.9 Å². The molecule has 0 atom stereocenters. The van der Waals surface area contributed by atoms with E-state index in [0.29, 0.717) is 10.3 Å². The zero-order chi connectivity index (χ0) is 14.5. The van der Waals surface area contributed by atoms with E-state index >= 15 is 0 Å². The fraction of sp³-hybridized carbons (Fsp3) is 0. The Labute approximate surface area is 124 Å². The van der Waals surface area contributed by atoms with Crippen LogP contribution in [0.4, 0.5) is 5.69 Å². The average molecular weight is 325 g/mol. The summed E-state index contributed by atoms with van der Waals surface area (Å²) in [6, 6.07) is 13.6. The van der Waals surface area contributed by atoms with Crippen molar-refractivity contribution in [2.24, 2.45) is 0 Å². The van der Waals surface area contributed by atoms with Crippen LogP contribution in [0.15, 0.2) is 34.9 Å². The number of aromatic nitrogens is 1.